The molecule has 0 amide bonds. The highest BCUT2D eigenvalue weighted by atomic mass is 35.5. The Labute approximate surface area is 121 Å². The maximum Gasteiger partial charge on any atom is 0.412 e. The minimum absolute atomic E-state index is 0.00753. The van der Waals surface area contributed by atoms with E-state index in [0.29, 0.717) is 18.1 Å². The summed E-state index contributed by atoms with van der Waals surface area (Å²) < 4.78 is 37.8. The Balaban J connectivity index is 2.11. The van der Waals surface area contributed by atoms with Crippen molar-refractivity contribution in [1.82, 2.24) is 4.90 Å². The molecule has 0 aromatic heterocycles. The largest absolute Gasteiger partial charge is 0.412 e. The molecule has 1 aromatic rings. The molecule has 1 aromatic carbocycles. The molecular weight excluding hydrogens is 289 g/mol. The van der Waals surface area contributed by atoms with Crippen LogP contribution in [0.15, 0.2) is 35.9 Å². The van der Waals surface area contributed by atoms with E-state index >= 15 is 0 Å². The molecule has 0 fully saturated rings. The highest BCUT2D eigenvalue weighted by molar-refractivity contribution is 6.30. The lowest BCUT2D eigenvalue weighted by Crippen LogP contribution is -2.38. The van der Waals surface area contributed by atoms with Gasteiger partial charge in [0.1, 0.15) is 0 Å². The van der Waals surface area contributed by atoms with Crippen LogP contribution in [0, 0.1) is 0 Å². The summed E-state index contributed by atoms with van der Waals surface area (Å²) in [6, 6.07) is 7.17. The monoisotopic (exact) mass is 304 g/mol. The molecular formula is C14H16ClF3N2. The van der Waals surface area contributed by atoms with Crippen molar-refractivity contribution in [2.75, 3.05) is 19.6 Å². The van der Waals surface area contributed by atoms with E-state index in [1.807, 2.05) is 17.0 Å². The molecule has 110 valence electrons. The second kappa shape index (κ2) is 6.16. The van der Waals surface area contributed by atoms with Gasteiger partial charge in [-0.3, -0.25) is 4.90 Å². The zero-order valence-electron chi connectivity index (χ0n) is 10.8. The Kier molecular flexibility index (Phi) is 4.73. The number of nitrogens with zero attached hydrogens (tertiary/aromatic N) is 1. The quantitative estimate of drug-likeness (QED) is 0.866. The van der Waals surface area contributed by atoms with Crippen LogP contribution >= 0.6 is 11.6 Å². The van der Waals surface area contributed by atoms with Gasteiger partial charge in [0.25, 0.3) is 0 Å². The van der Waals surface area contributed by atoms with Crippen molar-refractivity contribution in [2.45, 2.75) is 18.6 Å². The van der Waals surface area contributed by atoms with E-state index in [1.165, 1.54) is 6.08 Å². The second-order valence-corrected chi connectivity index (χ2v) is 5.21. The van der Waals surface area contributed by atoms with Crippen molar-refractivity contribution in [2.24, 2.45) is 5.73 Å². The van der Waals surface area contributed by atoms with Gasteiger partial charge in [0, 0.05) is 36.3 Å². The Morgan fingerprint density at radius 2 is 1.90 bits per heavy atom. The van der Waals surface area contributed by atoms with Crippen LogP contribution in [0.1, 0.15) is 18.0 Å². The predicted octanol–water partition coefficient (Wildman–Crippen LogP) is 3.53. The highest BCUT2D eigenvalue weighted by Crippen LogP contribution is 2.32. The summed E-state index contributed by atoms with van der Waals surface area (Å²) in [5.41, 5.74) is 6.31. The van der Waals surface area contributed by atoms with E-state index in [0.717, 1.165) is 5.56 Å². The fraction of sp³-hybridized carbons (Fsp3) is 0.429. The molecule has 1 unspecified atom stereocenters. The van der Waals surface area contributed by atoms with Crippen molar-refractivity contribution in [3.05, 3.63) is 46.5 Å². The molecule has 0 bridgehead atoms. The van der Waals surface area contributed by atoms with Crippen molar-refractivity contribution in [3.63, 3.8) is 0 Å². The molecule has 0 radical (unpaired) electrons. The zero-order valence-corrected chi connectivity index (χ0v) is 11.6. The number of nitrogens with two attached hydrogens (primary N) is 1. The van der Waals surface area contributed by atoms with E-state index < -0.39 is 11.7 Å². The summed E-state index contributed by atoms with van der Waals surface area (Å²) >= 11 is 5.84. The summed E-state index contributed by atoms with van der Waals surface area (Å²) in [6.45, 7) is 0.978. The van der Waals surface area contributed by atoms with E-state index in [9.17, 15) is 13.2 Å². The SMILES string of the molecule is NCC(c1ccc(Cl)cc1)N1CC=C(C(F)(F)F)CC1. The van der Waals surface area contributed by atoms with Gasteiger partial charge in [-0.25, -0.2) is 0 Å². The molecule has 1 aliphatic heterocycles. The minimum atomic E-state index is -4.22. The van der Waals surface area contributed by atoms with E-state index in [1.54, 1.807) is 12.1 Å². The van der Waals surface area contributed by atoms with Crippen molar-refractivity contribution in [1.29, 1.82) is 0 Å². The predicted molar refractivity (Wildman–Crippen MR) is 73.6 cm³/mol. The topological polar surface area (TPSA) is 29.3 Å². The first-order chi connectivity index (χ1) is 9.41. The maximum atomic E-state index is 12.6. The summed E-state index contributed by atoms with van der Waals surface area (Å²) in [7, 11) is 0. The lowest BCUT2D eigenvalue weighted by atomic mass is 10.0. The Hall–Kier alpha value is -1.04. The first kappa shape index (κ1) is 15.4. The third-order valence-corrected chi connectivity index (χ3v) is 3.78. The number of hydrogen-bond acceptors (Lipinski definition) is 2. The molecule has 0 spiro atoms. The van der Waals surface area contributed by atoms with Crippen LogP contribution in [0.2, 0.25) is 5.02 Å². The van der Waals surface area contributed by atoms with Gasteiger partial charge in [-0.1, -0.05) is 29.8 Å². The van der Waals surface area contributed by atoms with Gasteiger partial charge < -0.3 is 5.73 Å². The molecule has 2 N–H and O–H groups in total. The Morgan fingerprint density at radius 1 is 1.25 bits per heavy atom. The first-order valence-electron chi connectivity index (χ1n) is 6.37. The first-order valence-corrected chi connectivity index (χ1v) is 6.75. The number of benzene rings is 1. The molecule has 0 aliphatic carbocycles. The maximum absolute atomic E-state index is 12.6. The van der Waals surface area contributed by atoms with Gasteiger partial charge in [0.2, 0.25) is 0 Å². The fourth-order valence-electron chi connectivity index (χ4n) is 2.41. The summed E-state index contributed by atoms with van der Waals surface area (Å²) in [4.78, 5) is 1.96. The molecule has 6 heteroatoms. The third kappa shape index (κ3) is 3.53. The van der Waals surface area contributed by atoms with Crippen LogP contribution in [0.5, 0.6) is 0 Å². The van der Waals surface area contributed by atoms with Gasteiger partial charge >= 0.3 is 6.18 Å². The fourth-order valence-corrected chi connectivity index (χ4v) is 2.53. The standard InChI is InChI=1S/C14H16ClF3N2/c15-12-3-1-10(2-4-12)13(9-19)20-7-5-11(6-8-20)14(16,17)18/h1-5,13H,6-9,19H2. The van der Waals surface area contributed by atoms with Crippen LogP contribution in [0.25, 0.3) is 0 Å². The smallest absolute Gasteiger partial charge is 0.329 e. The number of halogens is 4. The second-order valence-electron chi connectivity index (χ2n) is 4.78. The molecule has 1 heterocycles. The molecule has 2 rings (SSSR count). The normalized spacial score (nSPS) is 18.8. The number of alkyl halides is 3. The highest BCUT2D eigenvalue weighted by Gasteiger charge is 2.35. The van der Waals surface area contributed by atoms with Crippen molar-refractivity contribution >= 4 is 11.6 Å². The van der Waals surface area contributed by atoms with Crippen LogP contribution in [0.3, 0.4) is 0 Å². The molecule has 2 nitrogen and oxygen atoms in total. The average molecular weight is 305 g/mol. The molecule has 0 saturated heterocycles. The summed E-state index contributed by atoms with van der Waals surface area (Å²) in [6.07, 6.45) is -2.96. The summed E-state index contributed by atoms with van der Waals surface area (Å²) in [5, 5.41) is 0.627. The Morgan fingerprint density at radius 3 is 2.35 bits per heavy atom. The van der Waals surface area contributed by atoms with Crippen molar-refractivity contribution in [3.8, 4) is 0 Å². The van der Waals surface area contributed by atoms with Crippen molar-refractivity contribution < 1.29 is 13.2 Å². The van der Waals surface area contributed by atoms with E-state index in [4.69, 9.17) is 17.3 Å². The number of rotatable bonds is 3. The van der Waals surface area contributed by atoms with Gasteiger partial charge in [-0.2, -0.15) is 13.2 Å². The van der Waals surface area contributed by atoms with Crippen LogP contribution in [-0.2, 0) is 0 Å². The lowest BCUT2D eigenvalue weighted by molar-refractivity contribution is -0.0964. The Bertz CT molecular complexity index is 482. The van der Waals surface area contributed by atoms with Crippen LogP contribution < -0.4 is 5.73 Å². The van der Waals surface area contributed by atoms with E-state index in [2.05, 4.69) is 0 Å². The van der Waals surface area contributed by atoms with Gasteiger partial charge in [-0.05, 0) is 24.1 Å². The molecule has 1 aliphatic rings. The van der Waals surface area contributed by atoms with Gasteiger partial charge in [0.15, 0.2) is 0 Å². The van der Waals surface area contributed by atoms with E-state index in [-0.39, 0.29) is 19.0 Å². The third-order valence-electron chi connectivity index (χ3n) is 3.52. The average Bonchev–Trinajstić information content (AvgIpc) is 2.41. The van der Waals surface area contributed by atoms with Gasteiger partial charge in [0.05, 0.1) is 0 Å². The molecule has 20 heavy (non-hydrogen) atoms. The molecule has 1 atom stereocenters. The lowest BCUT2D eigenvalue weighted by Gasteiger charge is -2.34. The minimum Gasteiger partial charge on any atom is -0.329 e. The zero-order chi connectivity index (χ0) is 14.8. The van der Waals surface area contributed by atoms with Gasteiger partial charge in [-0.15, -0.1) is 0 Å². The van der Waals surface area contributed by atoms with Crippen LogP contribution in [0.4, 0.5) is 13.2 Å². The van der Waals surface area contributed by atoms with Crippen LogP contribution in [-0.4, -0.2) is 30.7 Å². The molecule has 0 saturated carbocycles. The summed E-state index contributed by atoms with van der Waals surface area (Å²) in [5.74, 6) is 0. The number of hydrogen-bond donors (Lipinski definition) is 1.